The smallest absolute Gasteiger partial charge is 0.233 e. The first-order chi connectivity index (χ1) is 32.1. The fourth-order valence-corrected chi connectivity index (χ4v) is 8.96. The number of nitrogens with zero attached hydrogens (tertiary/aromatic N) is 5. The van der Waals surface area contributed by atoms with E-state index in [1.54, 1.807) is 0 Å². The van der Waals surface area contributed by atoms with Crippen molar-refractivity contribution in [1.29, 1.82) is 0 Å². The minimum absolute atomic E-state index is 0.0247. The minimum atomic E-state index is -0.0973. The summed E-state index contributed by atoms with van der Waals surface area (Å²) in [5, 5.41) is 7.83. The number of hydrogen-bond donors (Lipinski definition) is 0. The minimum Gasteiger partial charge on any atom is -0.458 e. The monoisotopic (exact) mass is 875 g/mol. The summed E-state index contributed by atoms with van der Waals surface area (Å²) < 4.78 is 13.1. The Morgan fingerprint density at radius 3 is 1.72 bits per heavy atom. The molecular formula is C61H57N5O. The van der Waals surface area contributed by atoms with Gasteiger partial charge in [0.2, 0.25) is 12.2 Å². The average Bonchev–Trinajstić information content (AvgIpc) is 3.91. The first-order valence-electron chi connectivity index (χ1n) is 23.2. The lowest BCUT2D eigenvalue weighted by Crippen LogP contribution is -2.33. The van der Waals surface area contributed by atoms with Crippen molar-refractivity contribution in [2.24, 2.45) is 0 Å². The SMILES string of the molecule is CC(C)(C)c1cc(-[n+]2[c-]n(-c3cccc(Oc4ccc5c6ccccc6n(-c6cc(C(C)(C)C)ccn6)c5c4)c3)nc2-c2c(-c3ccccc3)cccc2-c2ccccc2)cc(C(C)(C)C)c1. The quantitative estimate of drug-likeness (QED) is 0.113. The van der Waals surface area contributed by atoms with Crippen LogP contribution in [0.5, 0.6) is 11.5 Å². The maximum absolute atomic E-state index is 6.78. The second kappa shape index (κ2) is 16.7. The number of benzene rings is 7. The molecule has 7 aromatic carbocycles. The summed E-state index contributed by atoms with van der Waals surface area (Å²) in [7, 11) is 0. The van der Waals surface area contributed by atoms with Gasteiger partial charge < -0.3 is 9.30 Å². The number of rotatable bonds is 8. The molecule has 67 heavy (non-hydrogen) atoms. The number of fused-ring (bicyclic) bond motifs is 3. The van der Waals surface area contributed by atoms with Crippen LogP contribution in [-0.2, 0) is 16.2 Å². The molecule has 0 radical (unpaired) electrons. The van der Waals surface area contributed by atoms with Gasteiger partial charge in [-0.3, -0.25) is 4.57 Å². The zero-order valence-corrected chi connectivity index (χ0v) is 40.0. The van der Waals surface area contributed by atoms with Gasteiger partial charge in [-0.25, -0.2) is 4.98 Å². The van der Waals surface area contributed by atoms with E-state index in [0.29, 0.717) is 5.75 Å². The Hall–Kier alpha value is -7.57. The van der Waals surface area contributed by atoms with Crippen LogP contribution >= 0.6 is 0 Å². The van der Waals surface area contributed by atoms with Gasteiger partial charge in [0, 0.05) is 34.3 Å². The Labute approximate surface area is 394 Å². The highest BCUT2D eigenvalue weighted by Crippen LogP contribution is 2.40. The van der Waals surface area contributed by atoms with Crippen molar-refractivity contribution in [2.75, 3.05) is 0 Å². The second-order valence-corrected chi connectivity index (χ2v) is 20.7. The summed E-state index contributed by atoms with van der Waals surface area (Å²) >= 11 is 0. The first kappa shape index (κ1) is 43.3. The average molecular weight is 876 g/mol. The molecule has 0 N–H and O–H groups in total. The molecule has 0 bridgehead atoms. The molecule has 0 aliphatic rings. The zero-order valence-electron chi connectivity index (χ0n) is 40.0. The topological polar surface area (TPSA) is 48.8 Å². The molecule has 6 nitrogen and oxygen atoms in total. The molecule has 0 spiro atoms. The molecule has 6 heteroatoms. The third kappa shape index (κ3) is 8.45. The van der Waals surface area contributed by atoms with Crippen LogP contribution in [0.2, 0.25) is 0 Å². The fraction of sp³-hybridized carbons (Fsp3) is 0.197. The van der Waals surface area contributed by atoms with E-state index in [-0.39, 0.29) is 16.2 Å². The number of aromatic nitrogens is 5. The van der Waals surface area contributed by atoms with E-state index in [1.165, 1.54) is 22.1 Å². The van der Waals surface area contributed by atoms with Crippen molar-refractivity contribution in [3.05, 3.63) is 205 Å². The number of pyridine rings is 1. The molecule has 0 unspecified atom stereocenters. The molecule has 0 saturated heterocycles. The van der Waals surface area contributed by atoms with Crippen molar-refractivity contribution in [3.63, 3.8) is 0 Å². The van der Waals surface area contributed by atoms with Gasteiger partial charge >= 0.3 is 0 Å². The Kier molecular flexibility index (Phi) is 10.8. The van der Waals surface area contributed by atoms with Crippen LogP contribution in [0.1, 0.15) is 79.0 Å². The van der Waals surface area contributed by atoms with Gasteiger partial charge in [-0.2, -0.15) is 4.68 Å². The van der Waals surface area contributed by atoms with Crippen LogP contribution in [0.4, 0.5) is 0 Å². The van der Waals surface area contributed by atoms with Crippen LogP contribution in [0.25, 0.3) is 72.6 Å². The molecule has 10 rings (SSSR count). The van der Waals surface area contributed by atoms with Crippen molar-refractivity contribution in [2.45, 2.75) is 78.6 Å². The summed E-state index contributed by atoms with van der Waals surface area (Å²) in [6, 6.07) is 62.0. The van der Waals surface area contributed by atoms with Crippen LogP contribution in [0.15, 0.2) is 182 Å². The highest BCUT2D eigenvalue weighted by Gasteiger charge is 2.26. The molecule has 0 aliphatic carbocycles. The molecule has 10 aromatic rings. The van der Waals surface area contributed by atoms with E-state index in [1.807, 2.05) is 29.1 Å². The highest BCUT2D eigenvalue weighted by molar-refractivity contribution is 6.09. The van der Waals surface area contributed by atoms with Crippen LogP contribution in [0.3, 0.4) is 0 Å². The lowest BCUT2D eigenvalue weighted by molar-refractivity contribution is -0.589. The molecule has 3 heterocycles. The molecule has 332 valence electrons. The third-order valence-corrected chi connectivity index (χ3v) is 12.8. The Balaban J connectivity index is 1.14. The van der Waals surface area contributed by atoms with Crippen molar-refractivity contribution in [3.8, 4) is 62.3 Å². The summed E-state index contributed by atoms with van der Waals surface area (Å²) in [6.45, 7) is 20.4. The van der Waals surface area contributed by atoms with Crippen LogP contribution < -0.4 is 9.30 Å². The van der Waals surface area contributed by atoms with Gasteiger partial charge in [-0.15, -0.1) is 0 Å². The number of ether oxygens (including phenoxy) is 1. The Morgan fingerprint density at radius 1 is 0.493 bits per heavy atom. The van der Waals surface area contributed by atoms with Crippen molar-refractivity contribution >= 4 is 21.8 Å². The van der Waals surface area contributed by atoms with Gasteiger partial charge in [-0.05, 0) is 103 Å². The summed E-state index contributed by atoms with van der Waals surface area (Å²) in [6.07, 6.45) is 5.67. The van der Waals surface area contributed by atoms with Gasteiger partial charge in [-0.1, -0.05) is 190 Å². The summed E-state index contributed by atoms with van der Waals surface area (Å²) in [4.78, 5) is 4.89. The maximum atomic E-state index is 6.78. The predicted octanol–water partition coefficient (Wildman–Crippen LogP) is 15.1. The van der Waals surface area contributed by atoms with Gasteiger partial charge in [0.1, 0.15) is 17.3 Å². The zero-order chi connectivity index (χ0) is 46.7. The fourth-order valence-electron chi connectivity index (χ4n) is 8.96. The van der Waals surface area contributed by atoms with Crippen molar-refractivity contribution in [1.82, 2.24) is 19.3 Å². The normalized spacial score (nSPS) is 12.3. The van der Waals surface area contributed by atoms with E-state index in [9.17, 15) is 0 Å². The van der Waals surface area contributed by atoms with Crippen LogP contribution in [-0.4, -0.2) is 19.3 Å². The lowest BCUT2D eigenvalue weighted by atomic mass is 9.80. The standard InChI is InChI=1S/C61H57N5O/c1-59(2,3)43-32-33-62-56(37-43)66-54-29-17-16-26-52(54)53-31-30-49(39-55(53)66)67-48-25-18-24-46(38-48)65-40-64(47-35-44(60(4,5)6)34-45(36-47)61(7,8)9)58(63-65)57-50(41-20-12-10-13-21-41)27-19-28-51(57)42-22-14-11-15-23-42/h10-39H,1-9H3. The summed E-state index contributed by atoms with van der Waals surface area (Å²) in [5.41, 5.74) is 12.9. The molecule has 0 fully saturated rings. The van der Waals surface area contributed by atoms with Gasteiger partial charge in [0.25, 0.3) is 0 Å². The highest BCUT2D eigenvalue weighted by atomic mass is 16.5. The second-order valence-electron chi connectivity index (χ2n) is 20.7. The Bertz CT molecular complexity index is 3340. The predicted molar refractivity (Wildman–Crippen MR) is 275 cm³/mol. The molecular weight excluding hydrogens is 819 g/mol. The van der Waals surface area contributed by atoms with Gasteiger partial charge in [0.15, 0.2) is 0 Å². The number of hydrogen-bond acceptors (Lipinski definition) is 3. The first-order valence-corrected chi connectivity index (χ1v) is 23.2. The van der Waals surface area contributed by atoms with E-state index in [0.717, 1.165) is 73.0 Å². The molecule has 0 amide bonds. The van der Waals surface area contributed by atoms with Crippen LogP contribution in [0, 0.1) is 6.33 Å². The van der Waals surface area contributed by atoms with Gasteiger partial charge in [0.05, 0.1) is 16.7 Å². The summed E-state index contributed by atoms with van der Waals surface area (Å²) in [5.74, 6) is 3.06. The molecule has 3 aromatic heterocycles. The molecule has 0 saturated carbocycles. The van der Waals surface area contributed by atoms with E-state index in [4.69, 9.17) is 14.8 Å². The van der Waals surface area contributed by atoms with Crippen molar-refractivity contribution < 1.29 is 9.30 Å². The lowest BCUT2D eigenvalue weighted by Gasteiger charge is -2.27. The maximum Gasteiger partial charge on any atom is 0.233 e. The number of para-hydroxylation sites is 1. The molecule has 0 aliphatic heterocycles. The largest absolute Gasteiger partial charge is 0.458 e. The molecule has 0 atom stereocenters. The van der Waals surface area contributed by atoms with E-state index in [2.05, 4.69) is 236 Å². The van der Waals surface area contributed by atoms with E-state index < -0.39 is 0 Å². The third-order valence-electron chi connectivity index (χ3n) is 12.8. The Morgan fingerprint density at radius 2 is 1.07 bits per heavy atom. The van der Waals surface area contributed by atoms with E-state index >= 15 is 0 Å².